The van der Waals surface area contributed by atoms with Crippen molar-refractivity contribution < 1.29 is 4.74 Å². The van der Waals surface area contributed by atoms with E-state index in [2.05, 4.69) is 38.1 Å². The summed E-state index contributed by atoms with van der Waals surface area (Å²) in [5.41, 5.74) is 7.88. The third-order valence-corrected chi connectivity index (χ3v) is 4.70. The van der Waals surface area contributed by atoms with Crippen LogP contribution in [0.5, 0.6) is 5.75 Å². The van der Waals surface area contributed by atoms with Gasteiger partial charge in [-0.25, -0.2) is 0 Å². The Morgan fingerprint density at radius 2 is 2.10 bits per heavy atom. The fraction of sp³-hybridized carbons (Fsp3) is 0.667. The van der Waals surface area contributed by atoms with Crippen LogP contribution in [0.15, 0.2) is 24.3 Å². The van der Waals surface area contributed by atoms with E-state index in [4.69, 9.17) is 10.5 Å². The maximum absolute atomic E-state index is 6.52. The molecule has 0 saturated carbocycles. The highest BCUT2D eigenvalue weighted by molar-refractivity contribution is 5.37. The van der Waals surface area contributed by atoms with Crippen LogP contribution in [0.25, 0.3) is 0 Å². The summed E-state index contributed by atoms with van der Waals surface area (Å²) < 4.78 is 5.75. The first kappa shape index (κ1) is 15.4. The van der Waals surface area contributed by atoms with E-state index in [0.29, 0.717) is 17.9 Å². The highest BCUT2D eigenvalue weighted by Gasteiger charge is 2.25. The van der Waals surface area contributed by atoms with Gasteiger partial charge >= 0.3 is 0 Å². The first-order valence-corrected chi connectivity index (χ1v) is 8.23. The Hall–Kier alpha value is -1.02. The number of hydrogen-bond acceptors (Lipinski definition) is 2. The molecule has 1 aromatic carbocycles. The maximum atomic E-state index is 6.52. The number of unbranched alkanes of at least 4 members (excludes halogenated alkanes) is 1. The molecule has 0 fully saturated rings. The van der Waals surface area contributed by atoms with E-state index in [1.165, 1.54) is 31.2 Å². The number of para-hydroxylation sites is 1. The van der Waals surface area contributed by atoms with Gasteiger partial charge in [-0.1, -0.05) is 51.3 Å². The van der Waals surface area contributed by atoms with E-state index in [1.807, 2.05) is 0 Å². The van der Waals surface area contributed by atoms with Crippen LogP contribution < -0.4 is 10.5 Å². The molecule has 0 aromatic heterocycles. The van der Waals surface area contributed by atoms with Gasteiger partial charge in [0.1, 0.15) is 5.75 Å². The molecule has 0 saturated heterocycles. The van der Waals surface area contributed by atoms with Crippen molar-refractivity contribution in [1.82, 2.24) is 0 Å². The molecule has 2 rings (SSSR count). The average molecular weight is 275 g/mol. The molecule has 112 valence electrons. The van der Waals surface area contributed by atoms with Gasteiger partial charge in [0.2, 0.25) is 0 Å². The van der Waals surface area contributed by atoms with Crippen LogP contribution in [0.4, 0.5) is 0 Å². The Labute approximate surface area is 123 Å². The van der Waals surface area contributed by atoms with E-state index >= 15 is 0 Å². The Balaban J connectivity index is 1.99. The molecule has 1 aliphatic rings. The Morgan fingerprint density at radius 3 is 2.85 bits per heavy atom. The maximum Gasteiger partial charge on any atom is 0.122 e. The standard InChI is InChI=1S/C18H29NO/c1-3-5-8-14(4-2)17(19)13-15-11-12-20-18-10-7-6-9-16(15)18/h6-7,9-10,14-15,17H,3-5,8,11-13,19H2,1-2H3. The molecular formula is C18H29NO. The van der Waals surface area contributed by atoms with Gasteiger partial charge < -0.3 is 10.5 Å². The minimum Gasteiger partial charge on any atom is -0.493 e. The summed E-state index contributed by atoms with van der Waals surface area (Å²) >= 11 is 0. The van der Waals surface area contributed by atoms with Gasteiger partial charge in [0.05, 0.1) is 6.61 Å². The summed E-state index contributed by atoms with van der Waals surface area (Å²) in [6.07, 6.45) is 7.25. The third kappa shape index (κ3) is 3.76. The fourth-order valence-corrected chi connectivity index (χ4v) is 3.37. The Morgan fingerprint density at radius 1 is 1.30 bits per heavy atom. The summed E-state index contributed by atoms with van der Waals surface area (Å²) in [6.45, 7) is 5.37. The summed E-state index contributed by atoms with van der Waals surface area (Å²) in [6, 6.07) is 8.78. The summed E-state index contributed by atoms with van der Waals surface area (Å²) in [7, 11) is 0. The van der Waals surface area contributed by atoms with Crippen molar-refractivity contribution in [2.75, 3.05) is 6.61 Å². The van der Waals surface area contributed by atoms with Gasteiger partial charge in [0, 0.05) is 6.04 Å². The van der Waals surface area contributed by atoms with Crippen LogP contribution in [0.2, 0.25) is 0 Å². The minimum atomic E-state index is 0.322. The van der Waals surface area contributed by atoms with Crippen LogP contribution >= 0.6 is 0 Å². The zero-order valence-corrected chi connectivity index (χ0v) is 13.0. The van der Waals surface area contributed by atoms with Crippen LogP contribution in [-0.4, -0.2) is 12.6 Å². The zero-order valence-electron chi connectivity index (χ0n) is 13.0. The fourth-order valence-electron chi connectivity index (χ4n) is 3.37. The topological polar surface area (TPSA) is 35.2 Å². The van der Waals surface area contributed by atoms with Crippen molar-refractivity contribution in [2.24, 2.45) is 11.7 Å². The largest absolute Gasteiger partial charge is 0.493 e. The number of rotatable bonds is 7. The molecule has 20 heavy (non-hydrogen) atoms. The number of benzene rings is 1. The van der Waals surface area contributed by atoms with Gasteiger partial charge in [-0.15, -0.1) is 0 Å². The molecule has 2 heteroatoms. The molecule has 0 spiro atoms. The van der Waals surface area contributed by atoms with Crippen molar-refractivity contribution in [1.29, 1.82) is 0 Å². The van der Waals surface area contributed by atoms with E-state index in [0.717, 1.165) is 25.2 Å². The molecular weight excluding hydrogens is 246 g/mol. The summed E-state index contributed by atoms with van der Waals surface area (Å²) in [5.74, 6) is 2.31. The second-order valence-corrected chi connectivity index (χ2v) is 6.08. The van der Waals surface area contributed by atoms with Gasteiger partial charge in [0.15, 0.2) is 0 Å². The quantitative estimate of drug-likeness (QED) is 0.796. The van der Waals surface area contributed by atoms with Gasteiger partial charge in [-0.3, -0.25) is 0 Å². The van der Waals surface area contributed by atoms with Crippen LogP contribution in [0.3, 0.4) is 0 Å². The number of hydrogen-bond donors (Lipinski definition) is 1. The predicted molar refractivity (Wildman–Crippen MR) is 85.2 cm³/mol. The molecule has 1 aromatic rings. The van der Waals surface area contributed by atoms with Gasteiger partial charge in [-0.05, 0) is 42.7 Å². The first-order chi connectivity index (χ1) is 9.76. The Bertz CT molecular complexity index is 404. The molecule has 0 amide bonds. The summed E-state index contributed by atoms with van der Waals surface area (Å²) in [5, 5.41) is 0. The molecule has 0 aliphatic carbocycles. The number of fused-ring (bicyclic) bond motifs is 1. The zero-order chi connectivity index (χ0) is 14.4. The minimum absolute atomic E-state index is 0.322. The third-order valence-electron chi connectivity index (χ3n) is 4.70. The number of nitrogens with two attached hydrogens (primary N) is 1. The SMILES string of the molecule is CCCCC(CC)C(N)CC1CCOc2ccccc21. The van der Waals surface area contributed by atoms with Crippen molar-refractivity contribution in [3.63, 3.8) is 0 Å². The lowest BCUT2D eigenvalue weighted by molar-refractivity contribution is 0.246. The van der Waals surface area contributed by atoms with Gasteiger partial charge in [0.25, 0.3) is 0 Å². The number of ether oxygens (including phenoxy) is 1. The lowest BCUT2D eigenvalue weighted by atomic mass is 9.81. The van der Waals surface area contributed by atoms with Crippen molar-refractivity contribution in [2.45, 2.75) is 64.3 Å². The lowest BCUT2D eigenvalue weighted by Crippen LogP contribution is -2.32. The van der Waals surface area contributed by atoms with E-state index in [1.54, 1.807) is 0 Å². The van der Waals surface area contributed by atoms with Crippen molar-refractivity contribution in [3.05, 3.63) is 29.8 Å². The molecule has 3 unspecified atom stereocenters. The van der Waals surface area contributed by atoms with Crippen LogP contribution in [-0.2, 0) is 0 Å². The highest BCUT2D eigenvalue weighted by atomic mass is 16.5. The Kier molecular flexibility index (Phi) is 5.90. The predicted octanol–water partition coefficient (Wildman–Crippen LogP) is 4.49. The van der Waals surface area contributed by atoms with Crippen molar-refractivity contribution >= 4 is 0 Å². The second kappa shape index (κ2) is 7.68. The summed E-state index contributed by atoms with van der Waals surface area (Å²) in [4.78, 5) is 0. The van der Waals surface area contributed by atoms with Crippen LogP contribution in [0, 0.1) is 5.92 Å². The molecule has 2 N–H and O–H groups in total. The molecule has 1 heterocycles. The highest BCUT2D eigenvalue weighted by Crippen LogP contribution is 2.37. The lowest BCUT2D eigenvalue weighted by Gasteiger charge is -2.31. The molecule has 3 atom stereocenters. The smallest absolute Gasteiger partial charge is 0.122 e. The van der Waals surface area contributed by atoms with E-state index < -0.39 is 0 Å². The normalized spacial score (nSPS) is 20.9. The first-order valence-electron chi connectivity index (χ1n) is 8.23. The molecule has 0 radical (unpaired) electrons. The van der Waals surface area contributed by atoms with Crippen molar-refractivity contribution in [3.8, 4) is 5.75 Å². The van der Waals surface area contributed by atoms with E-state index in [9.17, 15) is 0 Å². The molecule has 2 nitrogen and oxygen atoms in total. The monoisotopic (exact) mass is 275 g/mol. The van der Waals surface area contributed by atoms with Crippen LogP contribution in [0.1, 0.15) is 63.9 Å². The molecule has 1 aliphatic heterocycles. The second-order valence-electron chi connectivity index (χ2n) is 6.08. The van der Waals surface area contributed by atoms with Gasteiger partial charge in [-0.2, -0.15) is 0 Å². The molecule has 0 bridgehead atoms. The van der Waals surface area contributed by atoms with E-state index in [-0.39, 0.29) is 0 Å². The average Bonchev–Trinajstić information content (AvgIpc) is 2.48.